The number of nitrogens with two attached hydrogens (primary N) is 2. The van der Waals surface area contributed by atoms with Crippen LogP contribution in [0.4, 0.5) is 0 Å². The zero-order valence-corrected chi connectivity index (χ0v) is 11.2. The first-order valence-corrected chi connectivity index (χ1v) is 5.40. The molecule has 0 heterocycles. The molecule has 0 bridgehead atoms. The summed E-state index contributed by atoms with van der Waals surface area (Å²) in [4.78, 5) is 0. The first kappa shape index (κ1) is 13.9. The van der Waals surface area contributed by atoms with Gasteiger partial charge in [-0.2, -0.15) is 9.90 Å². The van der Waals surface area contributed by atoms with Gasteiger partial charge in [-0.15, -0.1) is 0 Å². The molecule has 0 saturated heterocycles. The lowest BCUT2D eigenvalue weighted by Gasteiger charge is -2.20. The van der Waals surface area contributed by atoms with Crippen LogP contribution in [0.1, 0.15) is 23.2 Å². The maximum atomic E-state index is 6.15. The predicted molar refractivity (Wildman–Crippen MR) is 77.8 cm³/mol. The Bertz CT molecular complexity index is 387. The molecule has 4 N–H and O–H groups in total. The van der Waals surface area contributed by atoms with Gasteiger partial charge < -0.3 is 11.5 Å². The van der Waals surface area contributed by atoms with Crippen molar-refractivity contribution < 1.29 is 0 Å². The van der Waals surface area contributed by atoms with Crippen molar-refractivity contribution in [2.45, 2.75) is 12.1 Å². The minimum Gasteiger partial charge on any atom is -0.322 e. The van der Waals surface area contributed by atoms with Crippen molar-refractivity contribution in [3.63, 3.8) is 0 Å². The Kier molecular flexibility index (Phi) is 5.30. The highest BCUT2D eigenvalue weighted by molar-refractivity contribution is 6.92. The van der Waals surface area contributed by atoms with E-state index in [0.717, 1.165) is 11.1 Å². The summed E-state index contributed by atoms with van der Waals surface area (Å²) in [7, 11) is 0. The third kappa shape index (κ3) is 3.37. The molecule has 3 unspecified atom stereocenters. The Morgan fingerprint density at radius 1 is 0.588 bits per heavy atom. The van der Waals surface area contributed by atoms with Crippen LogP contribution in [0.3, 0.4) is 0 Å². The molecule has 0 saturated carbocycles. The zero-order valence-electron chi connectivity index (χ0n) is 9.79. The van der Waals surface area contributed by atoms with Crippen LogP contribution in [-0.4, -0.2) is 0 Å². The summed E-state index contributed by atoms with van der Waals surface area (Å²) in [6.07, 6.45) is 0. The van der Waals surface area contributed by atoms with E-state index in [1.165, 1.54) is 0 Å². The molecular formula is C14H19N2P. The average molecular weight is 246 g/mol. The zero-order chi connectivity index (χ0) is 11.4. The van der Waals surface area contributed by atoms with Gasteiger partial charge in [0.25, 0.3) is 0 Å². The first-order valence-electron chi connectivity index (χ1n) is 5.40. The maximum Gasteiger partial charge on any atom is 0.0491 e. The van der Waals surface area contributed by atoms with E-state index in [-0.39, 0.29) is 22.0 Å². The van der Waals surface area contributed by atoms with Crippen molar-refractivity contribution in [3.05, 3.63) is 71.8 Å². The molecule has 0 aliphatic rings. The number of benzene rings is 2. The average Bonchev–Trinajstić information content (AvgIpc) is 2.39. The van der Waals surface area contributed by atoms with Gasteiger partial charge in [0.05, 0.1) is 0 Å². The topological polar surface area (TPSA) is 52.0 Å². The Balaban J connectivity index is 0.00000144. The van der Waals surface area contributed by atoms with Gasteiger partial charge in [0.1, 0.15) is 0 Å². The van der Waals surface area contributed by atoms with Crippen LogP contribution in [0.25, 0.3) is 0 Å². The second kappa shape index (κ2) is 6.51. The highest BCUT2D eigenvalue weighted by Crippen LogP contribution is 2.23. The molecule has 0 aliphatic heterocycles. The SMILES string of the molecule is NC(c1ccccc1)C(N)c1ccccc1.P. The lowest BCUT2D eigenvalue weighted by atomic mass is 9.95. The van der Waals surface area contributed by atoms with Crippen LogP contribution in [-0.2, 0) is 0 Å². The fourth-order valence-electron chi connectivity index (χ4n) is 1.77. The molecule has 3 heteroatoms. The molecule has 0 radical (unpaired) electrons. The largest absolute Gasteiger partial charge is 0.322 e. The summed E-state index contributed by atoms with van der Waals surface area (Å²) in [6, 6.07) is 19.6. The number of hydrogen-bond acceptors (Lipinski definition) is 2. The molecular weight excluding hydrogens is 227 g/mol. The summed E-state index contributed by atoms with van der Waals surface area (Å²) in [5.41, 5.74) is 14.4. The molecule has 0 aromatic heterocycles. The summed E-state index contributed by atoms with van der Waals surface area (Å²) in [5, 5.41) is 0. The predicted octanol–water partition coefficient (Wildman–Crippen LogP) is 2.44. The molecule has 0 aliphatic carbocycles. The molecule has 2 aromatic rings. The van der Waals surface area contributed by atoms with E-state index in [4.69, 9.17) is 11.5 Å². The van der Waals surface area contributed by atoms with Gasteiger partial charge in [-0.25, -0.2) is 0 Å². The Morgan fingerprint density at radius 3 is 1.18 bits per heavy atom. The molecule has 90 valence electrons. The van der Waals surface area contributed by atoms with Crippen molar-refractivity contribution in [1.29, 1.82) is 0 Å². The second-order valence-electron chi connectivity index (χ2n) is 3.87. The summed E-state index contributed by atoms with van der Waals surface area (Å²) >= 11 is 0. The van der Waals surface area contributed by atoms with Crippen molar-refractivity contribution in [1.82, 2.24) is 0 Å². The van der Waals surface area contributed by atoms with Gasteiger partial charge in [-0.3, -0.25) is 0 Å². The molecule has 0 amide bonds. The molecule has 2 nitrogen and oxygen atoms in total. The Labute approximate surface area is 106 Å². The highest BCUT2D eigenvalue weighted by atomic mass is 31.0. The van der Waals surface area contributed by atoms with Crippen LogP contribution in [0, 0.1) is 0 Å². The highest BCUT2D eigenvalue weighted by Gasteiger charge is 2.16. The van der Waals surface area contributed by atoms with E-state index in [2.05, 4.69) is 0 Å². The maximum absolute atomic E-state index is 6.15. The summed E-state index contributed by atoms with van der Waals surface area (Å²) in [5.74, 6) is 0. The number of hydrogen-bond donors (Lipinski definition) is 2. The minimum absolute atomic E-state index is 0. The molecule has 17 heavy (non-hydrogen) atoms. The quantitative estimate of drug-likeness (QED) is 0.817. The van der Waals surface area contributed by atoms with Crippen LogP contribution < -0.4 is 11.5 Å². The van der Waals surface area contributed by atoms with Gasteiger partial charge in [-0.05, 0) is 11.1 Å². The van der Waals surface area contributed by atoms with Crippen molar-refractivity contribution >= 4 is 9.90 Å². The Hall–Kier alpha value is -1.21. The van der Waals surface area contributed by atoms with Crippen LogP contribution in [0.15, 0.2) is 60.7 Å². The van der Waals surface area contributed by atoms with Crippen LogP contribution >= 0.6 is 9.90 Å². The van der Waals surface area contributed by atoms with Gasteiger partial charge in [0.2, 0.25) is 0 Å². The van der Waals surface area contributed by atoms with Gasteiger partial charge in [-0.1, -0.05) is 60.7 Å². The fourth-order valence-corrected chi connectivity index (χ4v) is 1.77. The molecule has 3 atom stereocenters. The van der Waals surface area contributed by atoms with Gasteiger partial charge in [0, 0.05) is 12.1 Å². The third-order valence-electron chi connectivity index (χ3n) is 2.76. The summed E-state index contributed by atoms with van der Waals surface area (Å²) < 4.78 is 0. The first-order chi connectivity index (χ1) is 7.79. The van der Waals surface area contributed by atoms with E-state index < -0.39 is 0 Å². The third-order valence-corrected chi connectivity index (χ3v) is 2.76. The fraction of sp³-hybridized carbons (Fsp3) is 0.143. The van der Waals surface area contributed by atoms with Crippen molar-refractivity contribution in [2.75, 3.05) is 0 Å². The lowest BCUT2D eigenvalue weighted by Crippen LogP contribution is -2.26. The van der Waals surface area contributed by atoms with E-state index in [1.807, 2.05) is 60.7 Å². The summed E-state index contributed by atoms with van der Waals surface area (Å²) in [6.45, 7) is 0. The smallest absolute Gasteiger partial charge is 0.0491 e. The van der Waals surface area contributed by atoms with E-state index in [0.29, 0.717) is 0 Å². The molecule has 2 aromatic carbocycles. The van der Waals surface area contributed by atoms with Crippen molar-refractivity contribution in [2.24, 2.45) is 11.5 Å². The monoisotopic (exact) mass is 246 g/mol. The van der Waals surface area contributed by atoms with E-state index in [9.17, 15) is 0 Å². The van der Waals surface area contributed by atoms with E-state index in [1.54, 1.807) is 0 Å². The van der Waals surface area contributed by atoms with Crippen molar-refractivity contribution in [3.8, 4) is 0 Å². The molecule has 0 spiro atoms. The lowest BCUT2D eigenvalue weighted by molar-refractivity contribution is 0.574. The van der Waals surface area contributed by atoms with Gasteiger partial charge in [0.15, 0.2) is 0 Å². The van der Waals surface area contributed by atoms with Crippen LogP contribution in [0.2, 0.25) is 0 Å². The number of rotatable bonds is 3. The molecule has 0 fully saturated rings. The van der Waals surface area contributed by atoms with Gasteiger partial charge >= 0.3 is 0 Å². The molecule has 2 rings (SSSR count). The standard InChI is InChI=1S/C14H16N2.H3P/c15-13(11-7-3-1-4-8-11)14(16)12-9-5-2-6-10-12;/h1-10,13-14H,15-16H2;1H3. The second-order valence-corrected chi connectivity index (χ2v) is 3.87. The Morgan fingerprint density at radius 2 is 0.882 bits per heavy atom. The normalized spacial score (nSPS) is 13.5. The van der Waals surface area contributed by atoms with E-state index >= 15 is 0 Å². The minimum atomic E-state index is -0.163. The van der Waals surface area contributed by atoms with Crippen LogP contribution in [0.5, 0.6) is 0 Å².